The van der Waals surface area contributed by atoms with Crippen LogP contribution in [0.1, 0.15) is 52.4 Å². The van der Waals surface area contributed by atoms with Crippen LogP contribution >= 0.6 is 11.6 Å². The number of rotatable bonds is 7. The molecule has 1 N–H and O–H groups in total. The Labute approximate surface area is 111 Å². The SMILES string of the molecule is CCC(CC)(CCl)CNC1CCCC(OC)C1. The summed E-state index contributed by atoms with van der Waals surface area (Å²) in [6.07, 6.45) is 7.70. The summed E-state index contributed by atoms with van der Waals surface area (Å²) in [7, 11) is 1.83. The molecular weight excluding hydrogens is 234 g/mol. The molecular formula is C14H28ClNO. The first-order valence-corrected chi connectivity index (χ1v) is 7.55. The number of halogens is 1. The fourth-order valence-electron chi connectivity index (χ4n) is 2.64. The fraction of sp³-hybridized carbons (Fsp3) is 1.00. The summed E-state index contributed by atoms with van der Waals surface area (Å²) >= 11 is 6.13. The van der Waals surface area contributed by atoms with Gasteiger partial charge >= 0.3 is 0 Å². The molecule has 102 valence electrons. The number of methoxy groups -OCH3 is 1. The van der Waals surface area contributed by atoms with Gasteiger partial charge in [-0.25, -0.2) is 0 Å². The van der Waals surface area contributed by atoms with E-state index in [1.807, 2.05) is 7.11 Å². The molecule has 0 aliphatic heterocycles. The van der Waals surface area contributed by atoms with Crippen LogP contribution in [0.3, 0.4) is 0 Å². The molecule has 0 bridgehead atoms. The smallest absolute Gasteiger partial charge is 0.0586 e. The van der Waals surface area contributed by atoms with E-state index in [4.69, 9.17) is 16.3 Å². The first-order chi connectivity index (χ1) is 8.19. The molecule has 1 aliphatic rings. The van der Waals surface area contributed by atoms with Gasteiger partial charge in [0.1, 0.15) is 0 Å². The molecule has 17 heavy (non-hydrogen) atoms. The summed E-state index contributed by atoms with van der Waals surface area (Å²) in [4.78, 5) is 0. The maximum absolute atomic E-state index is 6.13. The van der Waals surface area contributed by atoms with E-state index in [1.54, 1.807) is 0 Å². The lowest BCUT2D eigenvalue weighted by molar-refractivity contribution is 0.0567. The predicted molar refractivity (Wildman–Crippen MR) is 74.8 cm³/mol. The van der Waals surface area contributed by atoms with Crippen LogP contribution in [0.2, 0.25) is 0 Å². The highest BCUT2D eigenvalue weighted by atomic mass is 35.5. The summed E-state index contributed by atoms with van der Waals surface area (Å²) in [6, 6.07) is 0.620. The summed E-state index contributed by atoms with van der Waals surface area (Å²) < 4.78 is 5.47. The number of nitrogens with one attached hydrogen (secondary N) is 1. The Morgan fingerprint density at radius 1 is 1.29 bits per heavy atom. The third-order valence-corrected chi connectivity index (χ3v) is 5.08. The van der Waals surface area contributed by atoms with Crippen molar-refractivity contribution in [2.24, 2.45) is 5.41 Å². The minimum atomic E-state index is 0.279. The minimum Gasteiger partial charge on any atom is -0.381 e. The minimum absolute atomic E-state index is 0.279. The van der Waals surface area contributed by atoms with Crippen LogP contribution < -0.4 is 5.32 Å². The van der Waals surface area contributed by atoms with Crippen LogP contribution in [-0.4, -0.2) is 31.7 Å². The zero-order chi connectivity index (χ0) is 12.7. The van der Waals surface area contributed by atoms with E-state index in [2.05, 4.69) is 19.2 Å². The maximum Gasteiger partial charge on any atom is 0.0586 e. The van der Waals surface area contributed by atoms with Gasteiger partial charge < -0.3 is 10.1 Å². The molecule has 0 saturated heterocycles. The molecule has 0 heterocycles. The molecule has 2 atom stereocenters. The first-order valence-electron chi connectivity index (χ1n) is 7.01. The summed E-state index contributed by atoms with van der Waals surface area (Å²) in [6.45, 7) is 5.53. The van der Waals surface area contributed by atoms with Gasteiger partial charge in [-0.05, 0) is 43.9 Å². The summed E-state index contributed by atoms with van der Waals surface area (Å²) in [5.41, 5.74) is 0.279. The second-order valence-corrected chi connectivity index (χ2v) is 5.71. The Balaban J connectivity index is 2.38. The third kappa shape index (κ3) is 4.42. The third-order valence-electron chi connectivity index (χ3n) is 4.51. The second-order valence-electron chi connectivity index (χ2n) is 5.44. The highest BCUT2D eigenvalue weighted by molar-refractivity contribution is 6.18. The largest absolute Gasteiger partial charge is 0.381 e. The van der Waals surface area contributed by atoms with Gasteiger partial charge in [-0.2, -0.15) is 0 Å². The van der Waals surface area contributed by atoms with Crippen molar-refractivity contribution in [3.63, 3.8) is 0 Å². The second kappa shape index (κ2) is 7.60. The predicted octanol–water partition coefficient (Wildman–Crippen LogP) is 3.58. The van der Waals surface area contributed by atoms with E-state index in [0.717, 1.165) is 31.7 Å². The molecule has 0 aromatic rings. The molecule has 0 radical (unpaired) electrons. The standard InChI is InChI=1S/C14H28ClNO/c1-4-14(5-2,10-15)11-16-12-7-6-8-13(9-12)17-3/h12-13,16H,4-11H2,1-3H3. The molecule has 1 aliphatic carbocycles. The lowest BCUT2D eigenvalue weighted by atomic mass is 9.83. The first kappa shape index (κ1) is 15.3. The molecule has 0 aromatic heterocycles. The lowest BCUT2D eigenvalue weighted by Gasteiger charge is -2.35. The molecule has 0 spiro atoms. The molecule has 1 saturated carbocycles. The van der Waals surface area contributed by atoms with E-state index < -0.39 is 0 Å². The Bertz CT molecular complexity index is 198. The van der Waals surface area contributed by atoms with Gasteiger partial charge in [0.2, 0.25) is 0 Å². The van der Waals surface area contributed by atoms with Gasteiger partial charge in [0, 0.05) is 25.6 Å². The zero-order valence-electron chi connectivity index (χ0n) is 11.6. The van der Waals surface area contributed by atoms with Gasteiger partial charge in [-0.15, -0.1) is 11.6 Å². The van der Waals surface area contributed by atoms with Gasteiger partial charge in [0.25, 0.3) is 0 Å². The zero-order valence-corrected chi connectivity index (χ0v) is 12.4. The van der Waals surface area contributed by atoms with Crippen LogP contribution in [0, 0.1) is 5.41 Å². The van der Waals surface area contributed by atoms with Crippen molar-refractivity contribution >= 4 is 11.6 Å². The van der Waals surface area contributed by atoms with Gasteiger partial charge in [0.15, 0.2) is 0 Å². The van der Waals surface area contributed by atoms with Crippen molar-refractivity contribution in [2.45, 2.75) is 64.5 Å². The Kier molecular flexibility index (Phi) is 6.83. The molecule has 3 heteroatoms. The van der Waals surface area contributed by atoms with Crippen LogP contribution in [0.5, 0.6) is 0 Å². The molecule has 0 aromatic carbocycles. The number of hydrogen-bond donors (Lipinski definition) is 1. The summed E-state index contributed by atoms with van der Waals surface area (Å²) in [5, 5.41) is 3.72. The average Bonchev–Trinajstić information content (AvgIpc) is 2.41. The number of hydrogen-bond acceptors (Lipinski definition) is 2. The van der Waals surface area contributed by atoms with Crippen molar-refractivity contribution in [1.29, 1.82) is 0 Å². The molecule has 2 nitrogen and oxygen atoms in total. The monoisotopic (exact) mass is 261 g/mol. The van der Waals surface area contributed by atoms with Gasteiger partial charge in [-0.1, -0.05) is 13.8 Å². The molecule has 1 fully saturated rings. The molecule has 1 rings (SSSR count). The Hall–Kier alpha value is 0.210. The van der Waals surface area contributed by atoms with Crippen LogP contribution in [-0.2, 0) is 4.74 Å². The van der Waals surface area contributed by atoms with Crippen LogP contribution in [0.15, 0.2) is 0 Å². The Morgan fingerprint density at radius 3 is 2.53 bits per heavy atom. The lowest BCUT2D eigenvalue weighted by Crippen LogP contribution is -2.43. The normalized spacial score (nSPS) is 26.1. The average molecular weight is 262 g/mol. The van der Waals surface area contributed by atoms with E-state index in [0.29, 0.717) is 12.1 Å². The van der Waals surface area contributed by atoms with E-state index >= 15 is 0 Å². The van der Waals surface area contributed by atoms with E-state index in [9.17, 15) is 0 Å². The topological polar surface area (TPSA) is 21.3 Å². The van der Waals surface area contributed by atoms with Crippen molar-refractivity contribution in [3.05, 3.63) is 0 Å². The van der Waals surface area contributed by atoms with Crippen molar-refractivity contribution in [2.75, 3.05) is 19.5 Å². The maximum atomic E-state index is 6.13. The summed E-state index contributed by atoms with van der Waals surface area (Å²) in [5.74, 6) is 0.757. The highest BCUT2D eigenvalue weighted by Gasteiger charge is 2.28. The Morgan fingerprint density at radius 2 is 2.00 bits per heavy atom. The molecule has 2 unspecified atom stereocenters. The van der Waals surface area contributed by atoms with Gasteiger partial charge in [0.05, 0.1) is 6.10 Å². The van der Waals surface area contributed by atoms with Gasteiger partial charge in [-0.3, -0.25) is 0 Å². The number of ether oxygens (including phenoxy) is 1. The number of alkyl halides is 1. The van der Waals surface area contributed by atoms with E-state index in [1.165, 1.54) is 19.3 Å². The fourth-order valence-corrected chi connectivity index (χ4v) is 3.11. The van der Waals surface area contributed by atoms with Crippen molar-refractivity contribution < 1.29 is 4.74 Å². The highest BCUT2D eigenvalue weighted by Crippen LogP contribution is 2.28. The molecule has 0 amide bonds. The van der Waals surface area contributed by atoms with Crippen LogP contribution in [0.4, 0.5) is 0 Å². The van der Waals surface area contributed by atoms with Crippen LogP contribution in [0.25, 0.3) is 0 Å². The van der Waals surface area contributed by atoms with Crippen molar-refractivity contribution in [3.8, 4) is 0 Å². The van der Waals surface area contributed by atoms with Crippen molar-refractivity contribution in [1.82, 2.24) is 5.32 Å². The quantitative estimate of drug-likeness (QED) is 0.708. The van der Waals surface area contributed by atoms with E-state index in [-0.39, 0.29) is 5.41 Å².